The van der Waals surface area contributed by atoms with E-state index in [9.17, 15) is 10.1 Å². The number of anilines is 1. The molecule has 0 amide bonds. The molecule has 1 aromatic rings. The Balaban J connectivity index is 2.48. The first-order chi connectivity index (χ1) is 8.54. The van der Waals surface area contributed by atoms with E-state index >= 15 is 0 Å². The molecule has 0 radical (unpaired) electrons. The van der Waals surface area contributed by atoms with Crippen molar-refractivity contribution in [2.24, 2.45) is 0 Å². The van der Waals surface area contributed by atoms with E-state index in [2.05, 4.69) is 9.97 Å². The highest BCUT2D eigenvalue weighted by Crippen LogP contribution is 2.37. The van der Waals surface area contributed by atoms with Gasteiger partial charge in [0.1, 0.15) is 5.69 Å². The Morgan fingerprint density at radius 2 is 2.17 bits per heavy atom. The zero-order chi connectivity index (χ0) is 13.3. The monoisotopic (exact) mass is 270 g/mol. The number of halogens is 1. The molecule has 98 valence electrons. The molecule has 0 N–H and O–H groups in total. The molecule has 1 aromatic heterocycles. The van der Waals surface area contributed by atoms with E-state index in [1.807, 2.05) is 11.8 Å². The van der Waals surface area contributed by atoms with Gasteiger partial charge in [-0.25, -0.2) is 4.98 Å². The molecule has 1 heterocycles. The molecule has 1 aliphatic carbocycles. The van der Waals surface area contributed by atoms with Crippen molar-refractivity contribution in [3.63, 3.8) is 0 Å². The van der Waals surface area contributed by atoms with Crippen molar-refractivity contribution in [2.75, 3.05) is 11.4 Å². The number of hydrogen-bond donors (Lipinski definition) is 0. The standard InChI is InChI=1S/C11H15ClN4O2/c1-3-6-15(8-4-5-8)10-9(16(17)18)7(2)13-11(12)14-10/h8H,3-6H2,1-2H3. The fourth-order valence-electron chi connectivity index (χ4n) is 2.02. The van der Waals surface area contributed by atoms with Gasteiger partial charge in [-0.3, -0.25) is 10.1 Å². The van der Waals surface area contributed by atoms with Crippen LogP contribution in [0.2, 0.25) is 5.28 Å². The molecule has 7 heteroatoms. The molecule has 2 rings (SSSR count). The first-order valence-electron chi connectivity index (χ1n) is 5.99. The Morgan fingerprint density at radius 1 is 1.50 bits per heavy atom. The molecule has 0 spiro atoms. The lowest BCUT2D eigenvalue weighted by Gasteiger charge is -2.22. The maximum atomic E-state index is 11.2. The Morgan fingerprint density at radius 3 is 2.67 bits per heavy atom. The van der Waals surface area contributed by atoms with E-state index in [1.165, 1.54) is 0 Å². The van der Waals surface area contributed by atoms with Crippen molar-refractivity contribution in [3.8, 4) is 0 Å². The van der Waals surface area contributed by atoms with Gasteiger partial charge >= 0.3 is 5.69 Å². The normalized spacial score (nSPS) is 14.6. The minimum absolute atomic E-state index is 0.0280. The second-order valence-corrected chi connectivity index (χ2v) is 4.77. The van der Waals surface area contributed by atoms with Gasteiger partial charge in [0.25, 0.3) is 0 Å². The van der Waals surface area contributed by atoms with Crippen LogP contribution in [0.5, 0.6) is 0 Å². The fraction of sp³-hybridized carbons (Fsp3) is 0.636. The van der Waals surface area contributed by atoms with Crippen molar-refractivity contribution < 1.29 is 4.92 Å². The average Bonchev–Trinajstić information content (AvgIpc) is 3.07. The third-order valence-corrected chi connectivity index (χ3v) is 3.09. The molecule has 1 saturated carbocycles. The topological polar surface area (TPSA) is 72.2 Å². The summed E-state index contributed by atoms with van der Waals surface area (Å²) in [4.78, 5) is 20.7. The second kappa shape index (κ2) is 5.06. The Kier molecular flexibility index (Phi) is 3.65. The Labute approximate surface area is 110 Å². The van der Waals surface area contributed by atoms with Gasteiger partial charge in [0, 0.05) is 12.6 Å². The van der Waals surface area contributed by atoms with Gasteiger partial charge in [-0.2, -0.15) is 4.98 Å². The molecule has 1 fully saturated rings. The van der Waals surface area contributed by atoms with Crippen LogP contribution in [0.25, 0.3) is 0 Å². The minimum Gasteiger partial charge on any atom is -0.348 e. The summed E-state index contributed by atoms with van der Waals surface area (Å²) in [6.07, 6.45) is 3.02. The van der Waals surface area contributed by atoms with Crippen molar-refractivity contribution in [1.29, 1.82) is 0 Å². The van der Waals surface area contributed by atoms with E-state index in [0.29, 0.717) is 17.6 Å². The maximum Gasteiger partial charge on any atom is 0.332 e. The maximum absolute atomic E-state index is 11.2. The third kappa shape index (κ3) is 2.53. The number of nitrogens with zero attached hydrogens (tertiary/aromatic N) is 4. The van der Waals surface area contributed by atoms with Crippen LogP contribution in [0.4, 0.5) is 11.5 Å². The highest BCUT2D eigenvalue weighted by atomic mass is 35.5. The van der Waals surface area contributed by atoms with Gasteiger partial charge in [-0.15, -0.1) is 0 Å². The van der Waals surface area contributed by atoms with E-state index in [1.54, 1.807) is 6.92 Å². The van der Waals surface area contributed by atoms with Gasteiger partial charge < -0.3 is 4.90 Å². The first-order valence-corrected chi connectivity index (χ1v) is 6.37. The van der Waals surface area contributed by atoms with Crippen LogP contribution in [-0.2, 0) is 0 Å². The molecule has 0 bridgehead atoms. The summed E-state index contributed by atoms with van der Waals surface area (Å²) in [6, 6.07) is 0.356. The number of nitro groups is 1. The molecular formula is C11H15ClN4O2. The largest absolute Gasteiger partial charge is 0.348 e. The summed E-state index contributed by atoms with van der Waals surface area (Å²) in [7, 11) is 0. The van der Waals surface area contributed by atoms with Crippen LogP contribution in [0.3, 0.4) is 0 Å². The number of rotatable bonds is 5. The SMILES string of the molecule is CCCN(c1nc(Cl)nc(C)c1[N+](=O)[O-])C1CC1. The van der Waals surface area contributed by atoms with Gasteiger partial charge in [-0.1, -0.05) is 6.92 Å². The quantitative estimate of drug-likeness (QED) is 0.467. The predicted molar refractivity (Wildman–Crippen MR) is 69.1 cm³/mol. The summed E-state index contributed by atoms with van der Waals surface area (Å²) < 4.78 is 0. The van der Waals surface area contributed by atoms with Crippen LogP contribution in [0.1, 0.15) is 31.9 Å². The molecule has 18 heavy (non-hydrogen) atoms. The molecule has 0 aliphatic heterocycles. The second-order valence-electron chi connectivity index (χ2n) is 4.43. The molecule has 0 saturated heterocycles. The van der Waals surface area contributed by atoms with E-state index in [-0.39, 0.29) is 11.0 Å². The Bertz CT molecular complexity index is 476. The molecular weight excluding hydrogens is 256 g/mol. The highest BCUT2D eigenvalue weighted by Gasteiger charge is 2.35. The van der Waals surface area contributed by atoms with Crippen molar-refractivity contribution >= 4 is 23.1 Å². The van der Waals surface area contributed by atoms with Crippen LogP contribution < -0.4 is 4.90 Å². The number of aromatic nitrogens is 2. The van der Waals surface area contributed by atoms with E-state index in [4.69, 9.17) is 11.6 Å². The van der Waals surface area contributed by atoms with Gasteiger partial charge in [0.2, 0.25) is 11.1 Å². The molecule has 0 atom stereocenters. The van der Waals surface area contributed by atoms with Gasteiger partial charge in [0.05, 0.1) is 4.92 Å². The molecule has 1 aliphatic rings. The van der Waals surface area contributed by atoms with Gasteiger partial charge in [-0.05, 0) is 37.8 Å². The van der Waals surface area contributed by atoms with E-state index < -0.39 is 4.92 Å². The van der Waals surface area contributed by atoms with Crippen LogP contribution in [-0.4, -0.2) is 27.5 Å². The molecule has 0 unspecified atom stereocenters. The summed E-state index contributed by atoms with van der Waals surface area (Å²) in [5, 5.41) is 11.2. The van der Waals surface area contributed by atoms with Crippen molar-refractivity contribution in [2.45, 2.75) is 39.2 Å². The van der Waals surface area contributed by atoms with E-state index in [0.717, 1.165) is 25.8 Å². The fourth-order valence-corrected chi connectivity index (χ4v) is 2.23. The lowest BCUT2D eigenvalue weighted by Crippen LogP contribution is -2.28. The zero-order valence-corrected chi connectivity index (χ0v) is 11.1. The van der Waals surface area contributed by atoms with Crippen molar-refractivity contribution in [3.05, 3.63) is 21.1 Å². The van der Waals surface area contributed by atoms with Crippen LogP contribution in [0, 0.1) is 17.0 Å². The average molecular weight is 271 g/mol. The number of hydrogen-bond acceptors (Lipinski definition) is 5. The highest BCUT2D eigenvalue weighted by molar-refractivity contribution is 6.28. The summed E-state index contributed by atoms with van der Waals surface area (Å²) >= 11 is 5.82. The van der Waals surface area contributed by atoms with Crippen molar-refractivity contribution in [1.82, 2.24) is 9.97 Å². The third-order valence-electron chi connectivity index (χ3n) is 2.92. The summed E-state index contributed by atoms with van der Waals surface area (Å²) in [5.74, 6) is 0.363. The lowest BCUT2D eigenvalue weighted by molar-refractivity contribution is -0.385. The zero-order valence-electron chi connectivity index (χ0n) is 10.4. The van der Waals surface area contributed by atoms with Crippen LogP contribution in [0.15, 0.2) is 0 Å². The molecule has 0 aromatic carbocycles. The summed E-state index contributed by atoms with van der Waals surface area (Å²) in [5.41, 5.74) is 0.288. The predicted octanol–water partition coefficient (Wildman–Crippen LogP) is 2.73. The minimum atomic E-state index is -0.425. The molecule has 6 nitrogen and oxygen atoms in total. The summed E-state index contributed by atoms with van der Waals surface area (Å²) in [6.45, 7) is 4.38. The van der Waals surface area contributed by atoms with Gasteiger partial charge in [0.15, 0.2) is 0 Å². The van der Waals surface area contributed by atoms with Crippen LogP contribution >= 0.6 is 11.6 Å². The first kappa shape index (κ1) is 13.0. The Hall–Kier alpha value is -1.43. The lowest BCUT2D eigenvalue weighted by atomic mass is 10.3. The smallest absolute Gasteiger partial charge is 0.332 e. The number of aryl methyl sites for hydroxylation is 1.